The van der Waals surface area contributed by atoms with Gasteiger partial charge in [-0.2, -0.15) is 5.10 Å². The number of benzene rings is 1. The minimum atomic E-state index is -0.866. The minimum Gasteiger partial charge on any atom is -0.316 e. The molecule has 10 nitrogen and oxygen atoms in total. The average Bonchev–Trinajstić information content (AvgIpc) is 2.93. The van der Waals surface area contributed by atoms with Crippen molar-refractivity contribution < 1.29 is 4.92 Å². The summed E-state index contributed by atoms with van der Waals surface area (Å²) in [7, 11) is 0. The Kier molecular flexibility index (Phi) is 2.83. The maximum atomic E-state index is 11.4. The van der Waals surface area contributed by atoms with E-state index in [1.165, 1.54) is 29.5 Å². The van der Waals surface area contributed by atoms with E-state index in [9.17, 15) is 19.7 Å². The molecule has 0 aliphatic carbocycles. The van der Waals surface area contributed by atoms with Gasteiger partial charge in [0, 0.05) is 17.7 Å². The van der Waals surface area contributed by atoms with Crippen molar-refractivity contribution in [3.8, 4) is 0 Å². The molecule has 10 heteroatoms. The molecule has 0 saturated heterocycles. The molecule has 21 heavy (non-hydrogen) atoms. The van der Waals surface area contributed by atoms with E-state index in [4.69, 9.17) is 0 Å². The lowest BCUT2D eigenvalue weighted by Gasteiger charge is -2.06. The molecule has 2 N–H and O–H groups in total. The number of aromatic amines is 2. The van der Waals surface area contributed by atoms with E-state index in [0.29, 0.717) is 11.1 Å². The Morgan fingerprint density at radius 1 is 1.24 bits per heavy atom. The van der Waals surface area contributed by atoms with Gasteiger partial charge in [0.2, 0.25) is 0 Å². The SMILES string of the molecule is O=c1[nH]c2cc([N+](=O)[O-])cc(Cn3cncn3)c2[nH]c1=O. The summed E-state index contributed by atoms with van der Waals surface area (Å²) in [6.07, 6.45) is 2.76. The number of non-ortho nitro benzene ring substituents is 1. The quantitative estimate of drug-likeness (QED) is 0.387. The maximum absolute atomic E-state index is 11.4. The molecule has 0 radical (unpaired) electrons. The zero-order valence-electron chi connectivity index (χ0n) is 10.4. The molecule has 3 aromatic rings. The summed E-state index contributed by atoms with van der Waals surface area (Å²) in [6.45, 7) is 0.167. The fourth-order valence-electron chi connectivity index (χ4n) is 2.00. The van der Waals surface area contributed by atoms with Crippen LogP contribution in [0.15, 0.2) is 34.4 Å². The molecule has 1 aromatic carbocycles. The predicted octanol–water partition coefficient (Wildman–Crippen LogP) is -0.236. The van der Waals surface area contributed by atoms with Crippen LogP contribution in [0.25, 0.3) is 11.0 Å². The Morgan fingerprint density at radius 3 is 2.67 bits per heavy atom. The standard InChI is InChI=1S/C11H8N6O4/c18-10-11(19)15-9-6(3-16-5-12-4-13-16)1-7(17(20)21)2-8(9)14-10/h1-2,4-5H,3H2,(H,14,18)(H,15,19). The number of rotatable bonds is 3. The summed E-state index contributed by atoms with van der Waals surface area (Å²) >= 11 is 0. The van der Waals surface area contributed by atoms with E-state index in [0.717, 1.165) is 0 Å². The molecule has 0 amide bonds. The Morgan fingerprint density at radius 2 is 2.00 bits per heavy atom. The number of nitrogens with one attached hydrogen (secondary N) is 2. The van der Waals surface area contributed by atoms with Gasteiger partial charge in [0.1, 0.15) is 12.7 Å². The number of fused-ring (bicyclic) bond motifs is 1. The monoisotopic (exact) mass is 288 g/mol. The number of nitro groups is 1. The molecule has 0 aliphatic heterocycles. The van der Waals surface area contributed by atoms with Gasteiger partial charge in [-0.25, -0.2) is 9.67 Å². The van der Waals surface area contributed by atoms with Crippen molar-refractivity contribution in [1.29, 1.82) is 0 Å². The first kappa shape index (κ1) is 12.7. The van der Waals surface area contributed by atoms with Crippen molar-refractivity contribution in [2.24, 2.45) is 0 Å². The minimum absolute atomic E-state index is 0.167. The van der Waals surface area contributed by atoms with E-state index in [1.807, 2.05) is 0 Å². The van der Waals surface area contributed by atoms with Crippen molar-refractivity contribution in [3.05, 3.63) is 61.2 Å². The molecule has 0 fully saturated rings. The van der Waals surface area contributed by atoms with E-state index < -0.39 is 16.0 Å². The number of H-pyrrole nitrogens is 2. The number of nitrogens with zero attached hydrogens (tertiary/aromatic N) is 4. The van der Waals surface area contributed by atoms with Crippen molar-refractivity contribution >= 4 is 16.7 Å². The van der Waals surface area contributed by atoms with Crippen LogP contribution >= 0.6 is 0 Å². The van der Waals surface area contributed by atoms with Gasteiger partial charge in [0.15, 0.2) is 0 Å². The fourth-order valence-corrected chi connectivity index (χ4v) is 2.00. The Hall–Kier alpha value is -3.30. The highest BCUT2D eigenvalue weighted by atomic mass is 16.6. The third-order valence-electron chi connectivity index (χ3n) is 2.91. The topological polar surface area (TPSA) is 140 Å². The molecule has 106 valence electrons. The number of nitro benzene ring substituents is 1. The first-order valence-corrected chi connectivity index (χ1v) is 5.80. The second-order valence-electron chi connectivity index (χ2n) is 4.29. The molecule has 0 unspecified atom stereocenters. The third kappa shape index (κ3) is 2.29. The van der Waals surface area contributed by atoms with Crippen LogP contribution in [0.1, 0.15) is 5.56 Å². The maximum Gasteiger partial charge on any atom is 0.314 e. The van der Waals surface area contributed by atoms with Crippen LogP contribution in [0.2, 0.25) is 0 Å². The molecular weight excluding hydrogens is 280 g/mol. The Balaban J connectivity index is 2.28. The largest absolute Gasteiger partial charge is 0.316 e. The highest BCUT2D eigenvalue weighted by Crippen LogP contribution is 2.21. The average molecular weight is 288 g/mol. The smallest absolute Gasteiger partial charge is 0.314 e. The van der Waals surface area contributed by atoms with Gasteiger partial charge in [-0.1, -0.05) is 0 Å². The summed E-state index contributed by atoms with van der Waals surface area (Å²) in [6, 6.07) is 2.51. The molecule has 0 aliphatic rings. The lowest BCUT2D eigenvalue weighted by Crippen LogP contribution is -2.29. The lowest BCUT2D eigenvalue weighted by atomic mass is 10.1. The normalized spacial score (nSPS) is 10.9. The van der Waals surface area contributed by atoms with Crippen LogP contribution in [-0.2, 0) is 6.54 Å². The highest BCUT2D eigenvalue weighted by Gasteiger charge is 2.14. The number of hydrogen-bond donors (Lipinski definition) is 2. The number of aromatic nitrogens is 5. The van der Waals surface area contributed by atoms with Crippen LogP contribution in [0, 0.1) is 10.1 Å². The van der Waals surface area contributed by atoms with Gasteiger partial charge in [0.05, 0.1) is 22.5 Å². The molecule has 0 saturated carbocycles. The molecule has 0 spiro atoms. The zero-order chi connectivity index (χ0) is 15.0. The van der Waals surface area contributed by atoms with E-state index in [-0.39, 0.29) is 17.7 Å². The van der Waals surface area contributed by atoms with Crippen LogP contribution in [0.3, 0.4) is 0 Å². The second-order valence-corrected chi connectivity index (χ2v) is 4.29. The summed E-state index contributed by atoms with van der Waals surface area (Å²) in [5.41, 5.74) is -0.936. The summed E-state index contributed by atoms with van der Waals surface area (Å²) in [5.74, 6) is 0. The van der Waals surface area contributed by atoms with Crippen molar-refractivity contribution in [2.45, 2.75) is 6.54 Å². The van der Waals surface area contributed by atoms with E-state index in [2.05, 4.69) is 20.1 Å². The first-order valence-electron chi connectivity index (χ1n) is 5.80. The van der Waals surface area contributed by atoms with Crippen LogP contribution < -0.4 is 11.1 Å². The Bertz CT molecular complexity index is 939. The van der Waals surface area contributed by atoms with Crippen molar-refractivity contribution in [2.75, 3.05) is 0 Å². The van der Waals surface area contributed by atoms with Crippen LogP contribution in [-0.4, -0.2) is 29.7 Å². The number of hydrogen-bond acceptors (Lipinski definition) is 6. The van der Waals surface area contributed by atoms with Gasteiger partial charge in [-0.05, 0) is 0 Å². The molecule has 3 rings (SSSR count). The van der Waals surface area contributed by atoms with Gasteiger partial charge in [0.25, 0.3) is 5.69 Å². The second kappa shape index (κ2) is 4.67. The van der Waals surface area contributed by atoms with Crippen molar-refractivity contribution in [3.63, 3.8) is 0 Å². The predicted molar refractivity (Wildman–Crippen MR) is 71.0 cm³/mol. The van der Waals surface area contributed by atoms with Crippen molar-refractivity contribution in [1.82, 2.24) is 24.7 Å². The molecule has 2 aromatic heterocycles. The van der Waals surface area contributed by atoms with Gasteiger partial charge >= 0.3 is 11.1 Å². The van der Waals surface area contributed by atoms with Gasteiger partial charge < -0.3 is 9.97 Å². The third-order valence-corrected chi connectivity index (χ3v) is 2.91. The molecular formula is C11H8N6O4. The van der Waals surface area contributed by atoms with Gasteiger partial charge in [-0.3, -0.25) is 19.7 Å². The molecule has 0 bridgehead atoms. The fraction of sp³-hybridized carbons (Fsp3) is 0.0909. The first-order chi connectivity index (χ1) is 10.0. The summed E-state index contributed by atoms with van der Waals surface area (Å²) in [4.78, 5) is 41.7. The molecule has 2 heterocycles. The summed E-state index contributed by atoms with van der Waals surface area (Å²) in [5, 5.41) is 14.9. The van der Waals surface area contributed by atoms with E-state index in [1.54, 1.807) is 0 Å². The molecule has 0 atom stereocenters. The zero-order valence-corrected chi connectivity index (χ0v) is 10.4. The summed E-state index contributed by atoms with van der Waals surface area (Å²) < 4.78 is 1.45. The van der Waals surface area contributed by atoms with Crippen LogP contribution in [0.5, 0.6) is 0 Å². The van der Waals surface area contributed by atoms with Gasteiger partial charge in [-0.15, -0.1) is 0 Å². The van der Waals surface area contributed by atoms with E-state index >= 15 is 0 Å². The highest BCUT2D eigenvalue weighted by molar-refractivity contribution is 5.80. The lowest BCUT2D eigenvalue weighted by molar-refractivity contribution is -0.384. The van der Waals surface area contributed by atoms with Crippen LogP contribution in [0.4, 0.5) is 5.69 Å². The Labute approximate surface area is 115 Å².